The maximum absolute atomic E-state index is 12.3. The van der Waals surface area contributed by atoms with Gasteiger partial charge in [0.15, 0.2) is 0 Å². The van der Waals surface area contributed by atoms with Crippen LogP contribution in [-0.4, -0.2) is 14.7 Å². The summed E-state index contributed by atoms with van der Waals surface area (Å²) in [4.78, 5) is 15.1. The standard InChI is InChI=1S/C18H14N2O2/c1-20-15-5-3-2-4-13(15)16-14(10-19-18(22)17(16)20)11-6-8-12(21)9-7-11/h2-10,21H,1H3,(H,19,22). The van der Waals surface area contributed by atoms with Gasteiger partial charge < -0.3 is 14.7 Å². The minimum absolute atomic E-state index is 0.101. The molecule has 0 bridgehead atoms. The van der Waals surface area contributed by atoms with E-state index < -0.39 is 0 Å². The molecule has 4 aromatic rings. The maximum Gasteiger partial charge on any atom is 0.272 e. The number of benzene rings is 2. The van der Waals surface area contributed by atoms with Crippen LogP contribution in [0.1, 0.15) is 0 Å². The van der Waals surface area contributed by atoms with Crippen molar-refractivity contribution in [2.45, 2.75) is 0 Å². The second-order valence-electron chi connectivity index (χ2n) is 5.38. The molecule has 2 heterocycles. The van der Waals surface area contributed by atoms with Crippen LogP contribution in [0, 0.1) is 0 Å². The van der Waals surface area contributed by atoms with Gasteiger partial charge in [0, 0.05) is 35.1 Å². The lowest BCUT2D eigenvalue weighted by molar-refractivity contribution is 0.475. The van der Waals surface area contributed by atoms with E-state index in [1.807, 2.05) is 48.0 Å². The molecule has 108 valence electrons. The summed E-state index contributed by atoms with van der Waals surface area (Å²) in [6.45, 7) is 0. The predicted molar refractivity (Wildman–Crippen MR) is 88.1 cm³/mol. The number of aryl methyl sites for hydroxylation is 1. The number of phenolic OH excluding ortho intramolecular Hbond substituents is 1. The summed E-state index contributed by atoms with van der Waals surface area (Å²) >= 11 is 0. The van der Waals surface area contributed by atoms with Gasteiger partial charge in [-0.1, -0.05) is 30.3 Å². The molecule has 0 atom stereocenters. The molecule has 0 aliphatic rings. The van der Waals surface area contributed by atoms with Gasteiger partial charge >= 0.3 is 0 Å². The van der Waals surface area contributed by atoms with Gasteiger partial charge in [-0.2, -0.15) is 0 Å². The number of phenols is 1. The van der Waals surface area contributed by atoms with E-state index in [4.69, 9.17) is 0 Å². The Morgan fingerprint density at radius 1 is 1.05 bits per heavy atom. The van der Waals surface area contributed by atoms with E-state index in [2.05, 4.69) is 4.98 Å². The van der Waals surface area contributed by atoms with Crippen LogP contribution < -0.4 is 5.56 Å². The van der Waals surface area contributed by atoms with Crippen LogP contribution in [-0.2, 0) is 7.05 Å². The Balaban J connectivity index is 2.21. The van der Waals surface area contributed by atoms with Crippen LogP contribution in [0.15, 0.2) is 59.5 Å². The van der Waals surface area contributed by atoms with Gasteiger partial charge in [0.1, 0.15) is 11.3 Å². The molecular formula is C18H14N2O2. The van der Waals surface area contributed by atoms with Gasteiger partial charge in [0.05, 0.1) is 0 Å². The van der Waals surface area contributed by atoms with Crippen LogP contribution in [0.3, 0.4) is 0 Å². The molecule has 0 saturated carbocycles. The van der Waals surface area contributed by atoms with Gasteiger partial charge in [0.2, 0.25) is 0 Å². The van der Waals surface area contributed by atoms with Crippen molar-refractivity contribution in [2.24, 2.45) is 7.05 Å². The second kappa shape index (κ2) is 4.49. The zero-order valence-corrected chi connectivity index (χ0v) is 12.0. The summed E-state index contributed by atoms with van der Waals surface area (Å²) in [5.41, 5.74) is 3.49. The summed E-state index contributed by atoms with van der Waals surface area (Å²) in [6.07, 6.45) is 1.74. The summed E-state index contributed by atoms with van der Waals surface area (Å²) in [7, 11) is 1.90. The van der Waals surface area contributed by atoms with Crippen LogP contribution in [0.4, 0.5) is 0 Å². The molecule has 0 aliphatic carbocycles. The van der Waals surface area contributed by atoms with E-state index in [9.17, 15) is 9.90 Å². The average molecular weight is 290 g/mol. The normalized spacial score (nSPS) is 11.3. The van der Waals surface area contributed by atoms with E-state index in [1.165, 1.54) is 0 Å². The lowest BCUT2D eigenvalue weighted by atomic mass is 10.0. The molecule has 22 heavy (non-hydrogen) atoms. The minimum Gasteiger partial charge on any atom is -0.508 e. The van der Waals surface area contributed by atoms with Crippen molar-refractivity contribution in [3.05, 3.63) is 65.1 Å². The summed E-state index contributed by atoms with van der Waals surface area (Å²) in [5.74, 6) is 0.224. The number of nitrogens with one attached hydrogen (secondary N) is 1. The van der Waals surface area contributed by atoms with E-state index in [1.54, 1.807) is 18.3 Å². The molecule has 0 aliphatic heterocycles. The summed E-state index contributed by atoms with van der Waals surface area (Å²) < 4.78 is 1.92. The van der Waals surface area contributed by atoms with Crippen molar-refractivity contribution in [1.82, 2.24) is 9.55 Å². The predicted octanol–water partition coefficient (Wildman–Crippen LogP) is 3.39. The Kier molecular flexibility index (Phi) is 2.60. The van der Waals surface area contributed by atoms with E-state index in [0.29, 0.717) is 5.52 Å². The molecule has 2 N–H and O–H groups in total. The number of aromatic hydroxyl groups is 1. The highest BCUT2D eigenvalue weighted by Gasteiger charge is 2.15. The number of rotatable bonds is 1. The fraction of sp³-hybridized carbons (Fsp3) is 0.0556. The Morgan fingerprint density at radius 2 is 1.77 bits per heavy atom. The minimum atomic E-state index is -0.101. The molecule has 0 unspecified atom stereocenters. The zero-order chi connectivity index (χ0) is 15.3. The Hall–Kier alpha value is -3.01. The fourth-order valence-corrected chi connectivity index (χ4v) is 3.08. The lowest BCUT2D eigenvalue weighted by Crippen LogP contribution is -2.09. The first-order valence-corrected chi connectivity index (χ1v) is 7.05. The van der Waals surface area contributed by atoms with Gasteiger partial charge in [-0.25, -0.2) is 0 Å². The zero-order valence-electron chi connectivity index (χ0n) is 12.0. The largest absolute Gasteiger partial charge is 0.508 e. The molecule has 0 radical (unpaired) electrons. The molecule has 4 nitrogen and oxygen atoms in total. The van der Waals surface area contributed by atoms with Crippen LogP contribution in [0.25, 0.3) is 32.9 Å². The number of hydrogen-bond donors (Lipinski definition) is 2. The molecule has 4 rings (SSSR count). The first kappa shape index (κ1) is 12.7. The monoisotopic (exact) mass is 290 g/mol. The highest BCUT2D eigenvalue weighted by Crippen LogP contribution is 2.34. The van der Waals surface area contributed by atoms with Crippen molar-refractivity contribution in [2.75, 3.05) is 0 Å². The number of aromatic nitrogens is 2. The molecule has 0 saturated heterocycles. The third kappa shape index (κ3) is 1.67. The summed E-state index contributed by atoms with van der Waals surface area (Å²) in [5, 5.41) is 11.5. The SMILES string of the molecule is Cn1c2ccccc2c2c(-c3ccc(O)cc3)c[nH]c(=O)c21. The van der Waals surface area contributed by atoms with Crippen LogP contribution in [0.2, 0.25) is 0 Å². The van der Waals surface area contributed by atoms with Gasteiger partial charge in [-0.15, -0.1) is 0 Å². The van der Waals surface area contributed by atoms with Crippen molar-refractivity contribution in [3.63, 3.8) is 0 Å². The van der Waals surface area contributed by atoms with E-state index in [-0.39, 0.29) is 11.3 Å². The molecule has 2 aromatic carbocycles. The number of fused-ring (bicyclic) bond motifs is 3. The third-order valence-corrected chi connectivity index (χ3v) is 4.12. The number of pyridine rings is 1. The van der Waals surface area contributed by atoms with Crippen molar-refractivity contribution >= 4 is 21.8 Å². The molecule has 0 spiro atoms. The molecule has 2 aromatic heterocycles. The molecule has 4 heteroatoms. The quantitative estimate of drug-likeness (QED) is 0.564. The van der Waals surface area contributed by atoms with Gasteiger partial charge in [-0.05, 0) is 23.8 Å². The highest BCUT2D eigenvalue weighted by molar-refractivity contribution is 6.14. The van der Waals surface area contributed by atoms with Gasteiger partial charge in [0.25, 0.3) is 5.56 Å². The van der Waals surface area contributed by atoms with Crippen molar-refractivity contribution in [3.8, 4) is 16.9 Å². The maximum atomic E-state index is 12.3. The fourth-order valence-electron chi connectivity index (χ4n) is 3.08. The number of hydrogen-bond acceptors (Lipinski definition) is 2. The van der Waals surface area contributed by atoms with Gasteiger partial charge in [-0.3, -0.25) is 4.79 Å². The van der Waals surface area contributed by atoms with E-state index >= 15 is 0 Å². The number of H-pyrrole nitrogens is 1. The van der Waals surface area contributed by atoms with Crippen LogP contribution in [0.5, 0.6) is 5.75 Å². The number of para-hydroxylation sites is 1. The Morgan fingerprint density at radius 3 is 2.55 bits per heavy atom. The second-order valence-corrected chi connectivity index (χ2v) is 5.38. The average Bonchev–Trinajstić information content (AvgIpc) is 2.84. The van der Waals surface area contributed by atoms with Crippen LogP contribution >= 0.6 is 0 Å². The van der Waals surface area contributed by atoms with Crippen molar-refractivity contribution < 1.29 is 5.11 Å². The third-order valence-electron chi connectivity index (χ3n) is 4.12. The first-order chi connectivity index (χ1) is 10.7. The number of aromatic amines is 1. The topological polar surface area (TPSA) is 58.0 Å². The highest BCUT2D eigenvalue weighted by atomic mass is 16.3. The molecular weight excluding hydrogens is 276 g/mol. The number of nitrogens with zero attached hydrogens (tertiary/aromatic N) is 1. The smallest absolute Gasteiger partial charge is 0.272 e. The molecule has 0 fully saturated rings. The first-order valence-electron chi connectivity index (χ1n) is 7.05. The Bertz CT molecular complexity index is 1060. The van der Waals surface area contributed by atoms with Crippen molar-refractivity contribution in [1.29, 1.82) is 0 Å². The molecule has 0 amide bonds. The Labute approximate surface area is 126 Å². The lowest BCUT2D eigenvalue weighted by Gasteiger charge is -2.05. The summed E-state index contributed by atoms with van der Waals surface area (Å²) in [6, 6.07) is 15.0. The van der Waals surface area contributed by atoms with E-state index in [0.717, 1.165) is 27.4 Å².